The van der Waals surface area contributed by atoms with Crippen molar-refractivity contribution in [1.82, 2.24) is 4.90 Å². The van der Waals surface area contributed by atoms with Crippen LogP contribution in [0, 0.1) is 12.3 Å². The van der Waals surface area contributed by atoms with Crippen LogP contribution >= 0.6 is 0 Å². The first-order valence-corrected chi connectivity index (χ1v) is 5.68. The Hall–Kier alpha value is -2.68. The molecule has 3 rings (SSSR count). The number of hydrogen-bond donors (Lipinski definition) is 1. The summed E-state index contributed by atoms with van der Waals surface area (Å²) in [6.07, 6.45) is 5.27. The predicted molar refractivity (Wildman–Crippen MR) is 67.9 cm³/mol. The molecule has 1 atom stereocenters. The van der Waals surface area contributed by atoms with Crippen LogP contribution in [0.5, 0.6) is 11.5 Å². The number of carbonyl (C=O) groups excluding carboxylic acids is 1. The van der Waals surface area contributed by atoms with Crippen molar-refractivity contribution in [2.75, 3.05) is 13.3 Å². The molecular formula is C13H11N3O3. The largest absolute Gasteiger partial charge is 0.454 e. The quantitative estimate of drug-likeness (QED) is 0.798. The van der Waals surface area contributed by atoms with Gasteiger partial charge < -0.3 is 15.2 Å². The third-order valence-corrected chi connectivity index (χ3v) is 3.04. The lowest BCUT2D eigenvalue weighted by Crippen LogP contribution is -2.33. The minimum atomic E-state index is -0.446. The predicted octanol–water partition coefficient (Wildman–Crippen LogP) is 0.882. The Labute approximate surface area is 109 Å². The number of nitrogens with zero attached hydrogens (tertiary/aromatic N) is 2. The van der Waals surface area contributed by atoms with Crippen molar-refractivity contribution in [2.45, 2.75) is 6.04 Å². The molecule has 1 aromatic rings. The van der Waals surface area contributed by atoms with E-state index in [-0.39, 0.29) is 19.2 Å². The first-order chi connectivity index (χ1) is 9.20. The Morgan fingerprint density at radius 3 is 3.05 bits per heavy atom. The molecule has 96 valence electrons. The lowest BCUT2D eigenvalue weighted by molar-refractivity contribution is 0.174. The molecule has 2 amide bonds. The fourth-order valence-electron chi connectivity index (χ4n) is 2.20. The molecule has 0 saturated carbocycles. The maximum absolute atomic E-state index is 11.7. The van der Waals surface area contributed by atoms with Crippen LogP contribution in [0.2, 0.25) is 0 Å². The average molecular weight is 257 g/mol. The summed E-state index contributed by atoms with van der Waals surface area (Å²) in [6.45, 7) is 0.349. The van der Waals surface area contributed by atoms with Gasteiger partial charge in [-0.25, -0.2) is 4.79 Å². The van der Waals surface area contributed by atoms with E-state index in [2.05, 4.69) is 10.9 Å². The molecule has 2 aliphatic heterocycles. The summed E-state index contributed by atoms with van der Waals surface area (Å²) in [5, 5.41) is 0. The van der Waals surface area contributed by atoms with Gasteiger partial charge in [-0.2, -0.15) is 4.99 Å². The highest BCUT2D eigenvalue weighted by Gasteiger charge is 2.34. The van der Waals surface area contributed by atoms with Gasteiger partial charge in [0.1, 0.15) is 11.9 Å². The van der Waals surface area contributed by atoms with Crippen LogP contribution in [0.3, 0.4) is 0 Å². The van der Waals surface area contributed by atoms with Gasteiger partial charge in [0.25, 0.3) is 0 Å². The third kappa shape index (κ3) is 1.76. The van der Waals surface area contributed by atoms with E-state index in [1.807, 2.05) is 6.07 Å². The van der Waals surface area contributed by atoms with E-state index in [0.29, 0.717) is 11.5 Å². The number of nitrogens with two attached hydrogens (primary N) is 1. The number of aliphatic imine (C=N–C) groups is 1. The van der Waals surface area contributed by atoms with Gasteiger partial charge in [-0.05, 0) is 17.7 Å². The number of terminal acetylenes is 1. The summed E-state index contributed by atoms with van der Waals surface area (Å²) in [5.74, 6) is 3.97. The third-order valence-electron chi connectivity index (χ3n) is 3.04. The average Bonchev–Trinajstić information content (AvgIpc) is 2.94. The van der Waals surface area contributed by atoms with Crippen LogP contribution in [0.1, 0.15) is 11.6 Å². The Morgan fingerprint density at radius 1 is 1.47 bits per heavy atom. The van der Waals surface area contributed by atoms with Crippen molar-refractivity contribution in [1.29, 1.82) is 0 Å². The number of amidine groups is 1. The number of hydrogen-bond acceptors (Lipinski definition) is 4. The Bertz CT molecular complexity index is 618. The van der Waals surface area contributed by atoms with E-state index >= 15 is 0 Å². The molecule has 2 aliphatic rings. The van der Waals surface area contributed by atoms with E-state index in [9.17, 15) is 4.79 Å². The summed E-state index contributed by atoms with van der Waals surface area (Å²) in [4.78, 5) is 16.9. The molecule has 1 aromatic carbocycles. The summed E-state index contributed by atoms with van der Waals surface area (Å²) in [5.41, 5.74) is 6.61. The highest BCUT2D eigenvalue weighted by Crippen LogP contribution is 2.36. The van der Waals surface area contributed by atoms with E-state index in [1.165, 1.54) is 4.90 Å². The second kappa shape index (κ2) is 4.21. The number of amides is 2. The second-order valence-electron chi connectivity index (χ2n) is 4.17. The molecule has 0 spiro atoms. The van der Waals surface area contributed by atoms with Crippen molar-refractivity contribution in [3.63, 3.8) is 0 Å². The molecule has 1 unspecified atom stereocenters. The highest BCUT2D eigenvalue weighted by molar-refractivity contribution is 6.03. The standard InChI is InChI=1S/C13H11N3O3/c1-2-5-16-11(12(14)15-13(16)17)8-3-4-9-10(6-8)19-7-18-9/h1,3-4,6,11H,5,7H2,(H2,14,15,17). The molecule has 0 radical (unpaired) electrons. The van der Waals surface area contributed by atoms with Crippen molar-refractivity contribution in [3.05, 3.63) is 23.8 Å². The van der Waals surface area contributed by atoms with Crippen molar-refractivity contribution < 1.29 is 14.3 Å². The molecular weight excluding hydrogens is 246 g/mol. The molecule has 0 aliphatic carbocycles. The van der Waals surface area contributed by atoms with Gasteiger partial charge in [-0.3, -0.25) is 4.90 Å². The Morgan fingerprint density at radius 2 is 2.26 bits per heavy atom. The zero-order chi connectivity index (χ0) is 13.4. The zero-order valence-electron chi connectivity index (χ0n) is 10.00. The molecule has 6 heteroatoms. The van der Waals surface area contributed by atoms with Crippen LogP contribution in [-0.2, 0) is 0 Å². The van der Waals surface area contributed by atoms with Gasteiger partial charge in [-0.15, -0.1) is 6.42 Å². The van der Waals surface area contributed by atoms with Gasteiger partial charge >= 0.3 is 6.03 Å². The molecule has 2 heterocycles. The van der Waals surface area contributed by atoms with Crippen molar-refractivity contribution >= 4 is 11.9 Å². The topological polar surface area (TPSA) is 77.2 Å². The van der Waals surface area contributed by atoms with Crippen molar-refractivity contribution in [3.8, 4) is 23.8 Å². The highest BCUT2D eigenvalue weighted by atomic mass is 16.7. The molecule has 2 N–H and O–H groups in total. The van der Waals surface area contributed by atoms with E-state index in [0.717, 1.165) is 5.56 Å². The van der Waals surface area contributed by atoms with Gasteiger partial charge in [0, 0.05) is 0 Å². The number of rotatable bonds is 2. The second-order valence-corrected chi connectivity index (χ2v) is 4.17. The molecule has 0 fully saturated rings. The fourth-order valence-corrected chi connectivity index (χ4v) is 2.20. The minimum Gasteiger partial charge on any atom is -0.454 e. The van der Waals surface area contributed by atoms with E-state index in [4.69, 9.17) is 21.6 Å². The smallest absolute Gasteiger partial charge is 0.346 e. The molecule has 19 heavy (non-hydrogen) atoms. The fraction of sp³-hybridized carbons (Fsp3) is 0.231. The number of ether oxygens (including phenoxy) is 2. The first kappa shape index (κ1) is 11.4. The molecule has 0 aromatic heterocycles. The number of carbonyl (C=O) groups is 1. The Kier molecular flexibility index (Phi) is 2.53. The van der Waals surface area contributed by atoms with Crippen LogP contribution < -0.4 is 15.2 Å². The number of benzene rings is 1. The first-order valence-electron chi connectivity index (χ1n) is 5.68. The molecule has 6 nitrogen and oxygen atoms in total. The number of fused-ring (bicyclic) bond motifs is 1. The lowest BCUT2D eigenvalue weighted by Gasteiger charge is -2.22. The molecule has 0 saturated heterocycles. The summed E-state index contributed by atoms with van der Waals surface area (Å²) in [7, 11) is 0. The van der Waals surface area contributed by atoms with E-state index < -0.39 is 12.1 Å². The zero-order valence-corrected chi connectivity index (χ0v) is 10.00. The SMILES string of the molecule is C#CCN1C(=O)N=C(N)C1c1ccc2c(c1)OCO2. The Balaban J connectivity index is 1.98. The lowest BCUT2D eigenvalue weighted by atomic mass is 10.0. The van der Waals surface area contributed by atoms with Gasteiger partial charge in [0.15, 0.2) is 11.5 Å². The number of urea groups is 1. The summed E-state index contributed by atoms with van der Waals surface area (Å²) in [6, 6.07) is 4.53. The van der Waals surface area contributed by atoms with E-state index in [1.54, 1.807) is 12.1 Å². The summed E-state index contributed by atoms with van der Waals surface area (Å²) < 4.78 is 10.6. The van der Waals surface area contributed by atoms with Crippen LogP contribution in [0.4, 0.5) is 4.79 Å². The molecule has 0 bridgehead atoms. The van der Waals surface area contributed by atoms with Crippen LogP contribution in [0.15, 0.2) is 23.2 Å². The van der Waals surface area contributed by atoms with Crippen LogP contribution in [-0.4, -0.2) is 30.1 Å². The van der Waals surface area contributed by atoms with Crippen molar-refractivity contribution in [2.24, 2.45) is 10.7 Å². The monoisotopic (exact) mass is 257 g/mol. The maximum atomic E-state index is 11.7. The van der Waals surface area contributed by atoms with Crippen LogP contribution in [0.25, 0.3) is 0 Å². The maximum Gasteiger partial charge on any atom is 0.346 e. The van der Waals surface area contributed by atoms with Gasteiger partial charge in [-0.1, -0.05) is 12.0 Å². The minimum absolute atomic E-state index is 0.155. The summed E-state index contributed by atoms with van der Waals surface area (Å²) >= 11 is 0. The van der Waals surface area contributed by atoms with Gasteiger partial charge in [0.2, 0.25) is 6.79 Å². The van der Waals surface area contributed by atoms with Gasteiger partial charge in [0.05, 0.1) is 6.54 Å². The normalized spacial score (nSPS) is 20.4.